The van der Waals surface area contributed by atoms with Crippen molar-refractivity contribution >= 4 is 23.2 Å². The number of anilines is 2. The second kappa shape index (κ2) is 7.97. The van der Waals surface area contributed by atoms with E-state index in [2.05, 4.69) is 5.32 Å². The maximum absolute atomic E-state index is 12.8. The molecule has 2 aromatic rings. The number of benzene rings is 2. The second-order valence-electron chi connectivity index (χ2n) is 6.43. The Kier molecular flexibility index (Phi) is 5.49. The number of nitrogens with one attached hydrogen (secondary N) is 1. The summed E-state index contributed by atoms with van der Waals surface area (Å²) in [5, 5.41) is 2.96. The molecule has 4 nitrogen and oxygen atoms in total. The molecule has 1 N–H and O–H groups in total. The number of hydrogen-bond acceptors (Lipinski definition) is 2. The van der Waals surface area contributed by atoms with Crippen LogP contribution < -0.4 is 10.2 Å². The molecule has 0 radical (unpaired) electrons. The topological polar surface area (TPSA) is 49.4 Å². The summed E-state index contributed by atoms with van der Waals surface area (Å²) < 4.78 is 0. The lowest BCUT2D eigenvalue weighted by atomic mass is 10.1. The summed E-state index contributed by atoms with van der Waals surface area (Å²) in [5.41, 5.74) is 2.24. The molecule has 25 heavy (non-hydrogen) atoms. The summed E-state index contributed by atoms with van der Waals surface area (Å²) in [4.78, 5) is 26.7. The molecule has 0 heterocycles. The van der Waals surface area contributed by atoms with Crippen LogP contribution in [0.3, 0.4) is 0 Å². The van der Waals surface area contributed by atoms with Gasteiger partial charge in [0.25, 0.3) is 5.91 Å². The molecule has 130 valence electrons. The first kappa shape index (κ1) is 17.2. The first-order valence-electron chi connectivity index (χ1n) is 8.97. The summed E-state index contributed by atoms with van der Waals surface area (Å²) in [6.07, 6.45) is 4.23. The molecule has 0 bridgehead atoms. The van der Waals surface area contributed by atoms with Gasteiger partial charge < -0.3 is 10.2 Å². The Bertz CT molecular complexity index is 719. The van der Waals surface area contributed by atoms with Crippen molar-refractivity contribution in [3.8, 4) is 0 Å². The van der Waals surface area contributed by atoms with E-state index in [9.17, 15) is 9.59 Å². The van der Waals surface area contributed by atoms with Gasteiger partial charge >= 0.3 is 0 Å². The third-order valence-corrected chi connectivity index (χ3v) is 4.75. The smallest absolute Gasteiger partial charge is 0.258 e. The molecule has 4 heteroatoms. The second-order valence-corrected chi connectivity index (χ2v) is 6.43. The Morgan fingerprint density at radius 1 is 1.00 bits per heavy atom. The first-order valence-corrected chi connectivity index (χ1v) is 8.97. The highest BCUT2D eigenvalue weighted by molar-refractivity contribution is 6.06. The molecular formula is C21H24N2O2. The Balaban J connectivity index is 1.68. The number of nitrogens with zero attached hydrogens (tertiary/aromatic N) is 1. The van der Waals surface area contributed by atoms with Gasteiger partial charge in [0, 0.05) is 29.4 Å². The minimum absolute atomic E-state index is 0.0395. The Morgan fingerprint density at radius 2 is 1.64 bits per heavy atom. The van der Waals surface area contributed by atoms with Crippen LogP contribution in [0, 0.1) is 5.92 Å². The maximum atomic E-state index is 12.8. The lowest BCUT2D eigenvalue weighted by molar-refractivity contribution is -0.119. The van der Waals surface area contributed by atoms with Crippen LogP contribution in [0.4, 0.5) is 11.4 Å². The summed E-state index contributed by atoms with van der Waals surface area (Å²) in [6, 6.07) is 16.8. The average Bonchev–Trinajstić information content (AvgIpc) is 3.19. The fraction of sp³-hybridized carbons (Fsp3) is 0.333. The number of para-hydroxylation sites is 1. The molecule has 1 aliphatic rings. The van der Waals surface area contributed by atoms with Gasteiger partial charge in [-0.25, -0.2) is 0 Å². The molecule has 0 saturated heterocycles. The van der Waals surface area contributed by atoms with Crippen LogP contribution in [0.25, 0.3) is 0 Å². The Hall–Kier alpha value is -2.62. The number of hydrogen-bond donors (Lipinski definition) is 1. The van der Waals surface area contributed by atoms with Crippen LogP contribution in [-0.2, 0) is 4.79 Å². The van der Waals surface area contributed by atoms with E-state index in [-0.39, 0.29) is 17.7 Å². The van der Waals surface area contributed by atoms with Crippen LogP contribution in [0.5, 0.6) is 0 Å². The third-order valence-electron chi connectivity index (χ3n) is 4.75. The van der Waals surface area contributed by atoms with Crippen molar-refractivity contribution in [2.75, 3.05) is 16.8 Å². The van der Waals surface area contributed by atoms with E-state index in [1.165, 1.54) is 0 Å². The summed E-state index contributed by atoms with van der Waals surface area (Å²) in [7, 11) is 0. The molecule has 0 spiro atoms. The largest absolute Gasteiger partial charge is 0.326 e. The first-order chi connectivity index (χ1) is 12.2. The van der Waals surface area contributed by atoms with Gasteiger partial charge in [-0.2, -0.15) is 0 Å². The zero-order chi connectivity index (χ0) is 17.6. The van der Waals surface area contributed by atoms with Crippen molar-refractivity contribution in [3.63, 3.8) is 0 Å². The third kappa shape index (κ3) is 4.08. The molecule has 1 fully saturated rings. The number of carbonyl (C=O) groups excluding carboxylic acids is 2. The molecule has 0 aromatic heterocycles. The molecule has 1 saturated carbocycles. The Morgan fingerprint density at radius 3 is 2.24 bits per heavy atom. The zero-order valence-electron chi connectivity index (χ0n) is 14.6. The Labute approximate surface area is 148 Å². The minimum Gasteiger partial charge on any atom is -0.326 e. The predicted octanol–water partition coefficient (Wildman–Crippen LogP) is 4.48. The summed E-state index contributed by atoms with van der Waals surface area (Å²) in [6.45, 7) is 2.56. The van der Waals surface area contributed by atoms with Gasteiger partial charge in [-0.3, -0.25) is 9.59 Å². The highest BCUT2D eigenvalue weighted by atomic mass is 16.2. The van der Waals surface area contributed by atoms with E-state index in [1.54, 1.807) is 29.2 Å². The van der Waals surface area contributed by atoms with Crippen molar-refractivity contribution in [2.45, 2.75) is 32.6 Å². The molecule has 2 amide bonds. The quantitative estimate of drug-likeness (QED) is 0.875. The highest BCUT2D eigenvalue weighted by Gasteiger charge is 2.22. The normalized spacial score (nSPS) is 14.3. The molecule has 3 rings (SSSR count). The molecule has 2 aromatic carbocycles. The number of rotatable bonds is 5. The van der Waals surface area contributed by atoms with Gasteiger partial charge in [0.2, 0.25) is 5.91 Å². The highest BCUT2D eigenvalue weighted by Crippen LogP contribution is 2.26. The van der Waals surface area contributed by atoms with E-state index < -0.39 is 0 Å². The van der Waals surface area contributed by atoms with Crippen molar-refractivity contribution in [2.24, 2.45) is 5.92 Å². The maximum Gasteiger partial charge on any atom is 0.258 e. The van der Waals surface area contributed by atoms with E-state index in [4.69, 9.17) is 0 Å². The lowest BCUT2D eigenvalue weighted by Crippen LogP contribution is -2.30. The van der Waals surface area contributed by atoms with Gasteiger partial charge in [0.15, 0.2) is 0 Å². The fourth-order valence-corrected chi connectivity index (χ4v) is 3.34. The zero-order valence-corrected chi connectivity index (χ0v) is 14.6. The number of amides is 2. The number of carbonyl (C=O) groups is 2. The monoisotopic (exact) mass is 336 g/mol. The van der Waals surface area contributed by atoms with Crippen LogP contribution in [0.15, 0.2) is 54.6 Å². The molecule has 0 unspecified atom stereocenters. The van der Waals surface area contributed by atoms with E-state index in [0.717, 1.165) is 37.1 Å². The predicted molar refractivity (Wildman–Crippen MR) is 101 cm³/mol. The SMILES string of the molecule is CCN(C(=O)c1ccc(NC(=O)C2CCCC2)cc1)c1ccccc1. The lowest BCUT2D eigenvalue weighted by Gasteiger charge is -2.21. The van der Waals surface area contributed by atoms with Gasteiger partial charge in [0.1, 0.15) is 0 Å². The standard InChI is InChI=1S/C21H24N2O2/c1-2-23(19-10-4-3-5-11-19)21(25)17-12-14-18(15-13-17)22-20(24)16-8-6-7-9-16/h3-5,10-16H,2,6-9H2,1H3,(H,22,24). The minimum atomic E-state index is -0.0395. The summed E-state index contributed by atoms with van der Waals surface area (Å²) >= 11 is 0. The van der Waals surface area contributed by atoms with Crippen molar-refractivity contribution in [1.29, 1.82) is 0 Å². The molecule has 1 aliphatic carbocycles. The fourth-order valence-electron chi connectivity index (χ4n) is 3.34. The molecule has 0 aliphatic heterocycles. The van der Waals surface area contributed by atoms with Crippen molar-refractivity contribution < 1.29 is 9.59 Å². The molecule has 0 atom stereocenters. The van der Waals surface area contributed by atoms with Crippen LogP contribution in [0.2, 0.25) is 0 Å². The molecular weight excluding hydrogens is 312 g/mol. The van der Waals surface area contributed by atoms with Gasteiger partial charge in [-0.1, -0.05) is 31.0 Å². The van der Waals surface area contributed by atoms with E-state index in [1.807, 2.05) is 37.3 Å². The van der Waals surface area contributed by atoms with Crippen LogP contribution >= 0.6 is 0 Å². The van der Waals surface area contributed by atoms with Crippen LogP contribution in [-0.4, -0.2) is 18.4 Å². The summed E-state index contributed by atoms with van der Waals surface area (Å²) in [5.74, 6) is 0.188. The van der Waals surface area contributed by atoms with Gasteiger partial charge in [-0.15, -0.1) is 0 Å². The van der Waals surface area contributed by atoms with Crippen LogP contribution in [0.1, 0.15) is 43.0 Å². The van der Waals surface area contributed by atoms with E-state index in [0.29, 0.717) is 12.1 Å². The average molecular weight is 336 g/mol. The van der Waals surface area contributed by atoms with Crippen molar-refractivity contribution in [1.82, 2.24) is 0 Å². The van der Waals surface area contributed by atoms with Crippen molar-refractivity contribution in [3.05, 3.63) is 60.2 Å². The van der Waals surface area contributed by atoms with E-state index >= 15 is 0 Å². The van der Waals surface area contributed by atoms with Gasteiger partial charge in [-0.05, 0) is 56.2 Å². The van der Waals surface area contributed by atoms with Gasteiger partial charge in [0.05, 0.1) is 0 Å².